The topological polar surface area (TPSA) is 47.9 Å². The van der Waals surface area contributed by atoms with Crippen LogP contribution in [-0.2, 0) is 9.53 Å². The smallest absolute Gasteiger partial charge is 0.363 e. The van der Waals surface area contributed by atoms with Crippen LogP contribution < -0.4 is 4.74 Å². The molecule has 0 N–H and O–H groups in total. The third kappa shape index (κ3) is 3.35. The Balaban J connectivity index is 1.91. The fraction of sp³-hybridized carbons (Fsp3) is 0.111. The Kier molecular flexibility index (Phi) is 4.30. The van der Waals surface area contributed by atoms with Gasteiger partial charge in [0.2, 0.25) is 5.90 Å². The Morgan fingerprint density at radius 1 is 1.17 bits per heavy atom. The van der Waals surface area contributed by atoms with Gasteiger partial charge in [0.25, 0.3) is 0 Å². The van der Waals surface area contributed by atoms with Crippen molar-refractivity contribution in [2.24, 2.45) is 4.99 Å². The summed E-state index contributed by atoms with van der Waals surface area (Å²) >= 11 is 3.42. The number of aryl methyl sites for hydroxylation is 1. The molecule has 0 unspecified atom stereocenters. The second-order valence-corrected chi connectivity index (χ2v) is 5.95. The molecule has 23 heavy (non-hydrogen) atoms. The number of ether oxygens (including phenoxy) is 2. The summed E-state index contributed by atoms with van der Waals surface area (Å²) in [4.78, 5) is 16.3. The summed E-state index contributed by atoms with van der Waals surface area (Å²) in [6, 6.07) is 13.2. The lowest BCUT2D eigenvalue weighted by Gasteiger charge is -2.03. The number of carbonyl (C=O) groups is 1. The van der Waals surface area contributed by atoms with Crippen LogP contribution in [-0.4, -0.2) is 19.0 Å². The van der Waals surface area contributed by atoms with Crippen molar-refractivity contribution in [2.75, 3.05) is 7.11 Å². The molecule has 0 spiro atoms. The largest absolute Gasteiger partial charge is 0.496 e. The minimum atomic E-state index is -0.451. The predicted octanol–water partition coefficient (Wildman–Crippen LogP) is 4.11. The van der Waals surface area contributed by atoms with Crippen LogP contribution >= 0.6 is 15.9 Å². The van der Waals surface area contributed by atoms with E-state index in [0.717, 1.165) is 26.9 Å². The zero-order valence-corrected chi connectivity index (χ0v) is 14.3. The van der Waals surface area contributed by atoms with E-state index in [4.69, 9.17) is 9.47 Å². The molecule has 0 radical (unpaired) electrons. The number of halogens is 1. The van der Waals surface area contributed by atoms with Crippen molar-refractivity contribution in [1.29, 1.82) is 0 Å². The first-order valence-corrected chi connectivity index (χ1v) is 7.79. The molecule has 1 aliphatic heterocycles. The first kappa shape index (κ1) is 15.5. The van der Waals surface area contributed by atoms with E-state index in [9.17, 15) is 4.79 Å². The molecule has 116 valence electrons. The molecule has 0 bridgehead atoms. The van der Waals surface area contributed by atoms with Crippen molar-refractivity contribution in [3.8, 4) is 5.75 Å². The van der Waals surface area contributed by atoms with Crippen LogP contribution in [0.1, 0.15) is 16.7 Å². The van der Waals surface area contributed by atoms with E-state index in [1.165, 1.54) is 0 Å². The fourth-order valence-electron chi connectivity index (χ4n) is 2.16. The number of benzene rings is 2. The van der Waals surface area contributed by atoms with Crippen molar-refractivity contribution in [3.63, 3.8) is 0 Å². The number of methoxy groups -OCH3 is 1. The molecule has 5 heteroatoms. The Hall–Kier alpha value is -2.40. The van der Waals surface area contributed by atoms with E-state index < -0.39 is 5.97 Å². The molecule has 1 heterocycles. The number of esters is 1. The van der Waals surface area contributed by atoms with E-state index in [-0.39, 0.29) is 5.70 Å². The van der Waals surface area contributed by atoms with Crippen molar-refractivity contribution >= 4 is 33.9 Å². The highest BCUT2D eigenvalue weighted by molar-refractivity contribution is 9.10. The van der Waals surface area contributed by atoms with E-state index >= 15 is 0 Å². The standard InChI is InChI=1S/C18H14BrNO3/c1-11-3-6-13(7-4-11)17-20-15(18(21)23-17)10-12-5-8-16(22-2)14(19)9-12/h3-10H,1-2H3. The van der Waals surface area contributed by atoms with Crippen molar-refractivity contribution in [1.82, 2.24) is 0 Å². The Morgan fingerprint density at radius 3 is 2.57 bits per heavy atom. The molecule has 0 saturated carbocycles. The van der Waals surface area contributed by atoms with Crippen molar-refractivity contribution in [2.45, 2.75) is 6.92 Å². The number of hydrogen-bond donors (Lipinski definition) is 0. The minimum absolute atomic E-state index is 0.276. The molecule has 0 saturated heterocycles. The Bertz CT molecular complexity index is 823. The third-order valence-electron chi connectivity index (χ3n) is 3.40. The van der Waals surface area contributed by atoms with Gasteiger partial charge < -0.3 is 9.47 Å². The summed E-state index contributed by atoms with van der Waals surface area (Å²) < 4.78 is 11.3. The monoisotopic (exact) mass is 371 g/mol. The van der Waals surface area contributed by atoms with Crippen LogP contribution in [0.15, 0.2) is 57.6 Å². The molecular weight excluding hydrogens is 358 g/mol. The molecular formula is C18H14BrNO3. The van der Waals surface area contributed by atoms with Crippen LogP contribution in [0, 0.1) is 6.92 Å². The normalized spacial score (nSPS) is 15.5. The highest BCUT2D eigenvalue weighted by Crippen LogP contribution is 2.27. The zero-order chi connectivity index (χ0) is 16.4. The number of carbonyl (C=O) groups excluding carboxylic acids is 1. The number of aliphatic imine (C=N–C) groups is 1. The van der Waals surface area contributed by atoms with Crippen LogP contribution in [0.3, 0.4) is 0 Å². The number of hydrogen-bond acceptors (Lipinski definition) is 4. The summed E-state index contributed by atoms with van der Waals surface area (Å²) in [5.74, 6) is 0.603. The predicted molar refractivity (Wildman–Crippen MR) is 92.5 cm³/mol. The molecule has 4 nitrogen and oxygen atoms in total. The van der Waals surface area contributed by atoms with Gasteiger partial charge in [0, 0.05) is 5.56 Å². The maximum atomic E-state index is 12.0. The van der Waals surface area contributed by atoms with Crippen molar-refractivity contribution < 1.29 is 14.3 Å². The lowest BCUT2D eigenvalue weighted by Crippen LogP contribution is -2.05. The summed E-state index contributed by atoms with van der Waals surface area (Å²) in [5, 5.41) is 0. The molecule has 2 aromatic rings. The van der Waals surface area contributed by atoms with E-state index in [1.807, 2.05) is 49.4 Å². The van der Waals surface area contributed by atoms with Gasteiger partial charge in [-0.2, -0.15) is 0 Å². The van der Waals surface area contributed by atoms with Gasteiger partial charge in [-0.05, 0) is 58.8 Å². The number of rotatable bonds is 3. The molecule has 1 aliphatic rings. The van der Waals surface area contributed by atoms with E-state index in [2.05, 4.69) is 20.9 Å². The summed E-state index contributed by atoms with van der Waals surface area (Å²) in [6.07, 6.45) is 1.69. The SMILES string of the molecule is COc1ccc(C=C2N=C(c3ccc(C)cc3)OC2=O)cc1Br. The fourth-order valence-corrected chi connectivity index (χ4v) is 2.72. The van der Waals surface area contributed by atoms with Gasteiger partial charge in [0.05, 0.1) is 11.6 Å². The molecule has 0 amide bonds. The highest BCUT2D eigenvalue weighted by atomic mass is 79.9. The van der Waals surface area contributed by atoms with Crippen LogP contribution in [0.25, 0.3) is 6.08 Å². The molecule has 3 rings (SSSR count). The van der Waals surface area contributed by atoms with E-state index in [0.29, 0.717) is 5.90 Å². The van der Waals surface area contributed by atoms with Gasteiger partial charge in [-0.1, -0.05) is 23.8 Å². The maximum absolute atomic E-state index is 12.0. The van der Waals surface area contributed by atoms with Crippen LogP contribution in [0.2, 0.25) is 0 Å². The molecule has 0 fully saturated rings. The van der Waals surface area contributed by atoms with Gasteiger partial charge >= 0.3 is 5.97 Å². The highest BCUT2D eigenvalue weighted by Gasteiger charge is 2.24. The molecule has 0 atom stereocenters. The Labute approximate surface area is 142 Å². The number of nitrogens with zero attached hydrogens (tertiary/aromatic N) is 1. The minimum Gasteiger partial charge on any atom is -0.496 e. The zero-order valence-electron chi connectivity index (χ0n) is 12.7. The van der Waals surface area contributed by atoms with Gasteiger partial charge in [-0.3, -0.25) is 0 Å². The summed E-state index contributed by atoms with van der Waals surface area (Å²) in [7, 11) is 1.60. The van der Waals surface area contributed by atoms with Gasteiger partial charge in [0.15, 0.2) is 5.70 Å². The van der Waals surface area contributed by atoms with Gasteiger partial charge in [-0.25, -0.2) is 9.79 Å². The summed E-state index contributed by atoms with van der Waals surface area (Å²) in [6.45, 7) is 2.00. The van der Waals surface area contributed by atoms with E-state index in [1.54, 1.807) is 13.2 Å². The first-order valence-electron chi connectivity index (χ1n) is 7.00. The second kappa shape index (κ2) is 6.38. The lowest BCUT2D eigenvalue weighted by atomic mass is 10.1. The quantitative estimate of drug-likeness (QED) is 0.602. The molecule has 0 aliphatic carbocycles. The van der Waals surface area contributed by atoms with Gasteiger partial charge in [-0.15, -0.1) is 0 Å². The van der Waals surface area contributed by atoms with Crippen molar-refractivity contribution in [3.05, 3.63) is 69.3 Å². The van der Waals surface area contributed by atoms with Gasteiger partial charge in [0.1, 0.15) is 5.75 Å². The molecule has 0 aromatic heterocycles. The molecule has 2 aromatic carbocycles. The second-order valence-electron chi connectivity index (χ2n) is 5.10. The lowest BCUT2D eigenvalue weighted by molar-refractivity contribution is -0.129. The average Bonchev–Trinajstić information content (AvgIpc) is 2.89. The van der Waals surface area contributed by atoms with Crippen LogP contribution in [0.5, 0.6) is 5.75 Å². The first-order chi connectivity index (χ1) is 11.1. The Morgan fingerprint density at radius 2 is 1.91 bits per heavy atom. The number of cyclic esters (lactones) is 1. The third-order valence-corrected chi connectivity index (χ3v) is 4.02. The average molecular weight is 372 g/mol. The maximum Gasteiger partial charge on any atom is 0.363 e. The summed E-state index contributed by atoms with van der Waals surface area (Å²) in [5.41, 5.74) is 3.02. The van der Waals surface area contributed by atoms with Crippen LogP contribution in [0.4, 0.5) is 0 Å².